The number of carboxylic acids is 1. The van der Waals surface area contributed by atoms with Gasteiger partial charge < -0.3 is 9.63 Å². The van der Waals surface area contributed by atoms with E-state index in [0.29, 0.717) is 11.1 Å². The van der Waals surface area contributed by atoms with E-state index in [-0.39, 0.29) is 29.2 Å². The molecule has 114 valence electrons. The third-order valence-electron chi connectivity index (χ3n) is 3.44. The molecule has 0 fully saturated rings. The van der Waals surface area contributed by atoms with Gasteiger partial charge >= 0.3 is 5.97 Å². The number of rotatable bonds is 5. The van der Waals surface area contributed by atoms with E-state index in [0.717, 1.165) is 0 Å². The lowest BCUT2D eigenvalue weighted by atomic mass is 10.0. The summed E-state index contributed by atoms with van der Waals surface area (Å²) in [5, 5.41) is 13.3. The minimum absolute atomic E-state index is 0.0604. The van der Waals surface area contributed by atoms with Crippen LogP contribution >= 0.6 is 0 Å². The fraction of sp³-hybridized carbons (Fsp3) is 0.0556. The number of aromatic carboxylic acids is 1. The molecule has 0 unspecified atom stereocenters. The lowest BCUT2D eigenvalue weighted by molar-refractivity contribution is 0.0695. The maximum Gasteiger partial charge on any atom is 0.341 e. The van der Waals surface area contributed by atoms with Crippen molar-refractivity contribution in [3.63, 3.8) is 0 Å². The van der Waals surface area contributed by atoms with Gasteiger partial charge in [0.05, 0.1) is 6.42 Å². The molecule has 0 spiro atoms. The number of benzene rings is 2. The molecule has 1 heterocycles. The van der Waals surface area contributed by atoms with Crippen LogP contribution in [0.3, 0.4) is 0 Å². The molecule has 0 saturated heterocycles. The molecule has 0 aliphatic rings. The van der Waals surface area contributed by atoms with E-state index < -0.39 is 5.97 Å². The van der Waals surface area contributed by atoms with E-state index in [9.17, 15) is 14.7 Å². The van der Waals surface area contributed by atoms with E-state index in [4.69, 9.17) is 4.52 Å². The number of carboxylic acid groups (broad SMARTS) is 1. The highest BCUT2D eigenvalue weighted by atomic mass is 16.5. The Morgan fingerprint density at radius 2 is 1.57 bits per heavy atom. The average Bonchev–Trinajstić information content (AvgIpc) is 3.00. The van der Waals surface area contributed by atoms with Crippen LogP contribution < -0.4 is 0 Å². The largest absolute Gasteiger partial charge is 0.477 e. The van der Waals surface area contributed by atoms with Crippen molar-refractivity contribution in [2.75, 3.05) is 0 Å². The van der Waals surface area contributed by atoms with E-state index >= 15 is 0 Å². The number of aromatic nitrogens is 1. The third-order valence-corrected chi connectivity index (χ3v) is 3.44. The van der Waals surface area contributed by atoms with Gasteiger partial charge in [-0.2, -0.15) is 0 Å². The van der Waals surface area contributed by atoms with Crippen LogP contribution in [0.25, 0.3) is 11.3 Å². The summed E-state index contributed by atoms with van der Waals surface area (Å²) >= 11 is 0. The van der Waals surface area contributed by atoms with Gasteiger partial charge in [0.2, 0.25) is 0 Å². The Balaban J connectivity index is 1.96. The summed E-state index contributed by atoms with van der Waals surface area (Å²) in [6.45, 7) is 0. The highest BCUT2D eigenvalue weighted by molar-refractivity contribution is 6.01. The molecule has 0 aliphatic heterocycles. The van der Waals surface area contributed by atoms with E-state index in [1.54, 1.807) is 54.6 Å². The van der Waals surface area contributed by atoms with Crippen molar-refractivity contribution >= 4 is 11.8 Å². The monoisotopic (exact) mass is 307 g/mol. The second kappa shape index (κ2) is 6.27. The van der Waals surface area contributed by atoms with Crippen LogP contribution in [0.5, 0.6) is 0 Å². The number of Topliss-reactive ketones (excluding diaryl/α,β-unsaturated/α-hetero) is 1. The molecule has 0 amide bonds. The molecular weight excluding hydrogens is 294 g/mol. The van der Waals surface area contributed by atoms with Crippen molar-refractivity contribution < 1.29 is 19.2 Å². The lowest BCUT2D eigenvalue weighted by Crippen LogP contribution is -2.07. The van der Waals surface area contributed by atoms with Gasteiger partial charge in [-0.25, -0.2) is 4.79 Å². The third kappa shape index (κ3) is 3.03. The quantitative estimate of drug-likeness (QED) is 0.730. The normalized spacial score (nSPS) is 10.4. The zero-order valence-electron chi connectivity index (χ0n) is 12.1. The molecule has 23 heavy (non-hydrogen) atoms. The number of hydrogen-bond donors (Lipinski definition) is 1. The summed E-state index contributed by atoms with van der Waals surface area (Å²) in [5.74, 6) is -1.32. The minimum Gasteiger partial charge on any atom is -0.477 e. The van der Waals surface area contributed by atoms with Crippen molar-refractivity contribution in [1.82, 2.24) is 5.16 Å². The Labute approximate surface area is 132 Å². The zero-order chi connectivity index (χ0) is 16.2. The molecule has 1 aromatic heterocycles. The van der Waals surface area contributed by atoms with Crippen molar-refractivity contribution in [1.29, 1.82) is 0 Å². The molecule has 2 aromatic carbocycles. The Bertz CT molecular complexity index is 838. The molecule has 5 heteroatoms. The van der Waals surface area contributed by atoms with Crippen LogP contribution in [0.1, 0.15) is 26.5 Å². The van der Waals surface area contributed by atoms with Crippen LogP contribution in [0.2, 0.25) is 0 Å². The number of carbonyl (C=O) groups is 2. The molecular formula is C18H13NO4. The first-order valence-electron chi connectivity index (χ1n) is 7.02. The molecule has 3 aromatic rings. The molecule has 1 N–H and O–H groups in total. The van der Waals surface area contributed by atoms with Gasteiger partial charge in [-0.3, -0.25) is 4.79 Å². The summed E-state index contributed by atoms with van der Waals surface area (Å²) in [4.78, 5) is 23.8. The zero-order valence-corrected chi connectivity index (χ0v) is 12.1. The number of hydrogen-bond acceptors (Lipinski definition) is 4. The van der Waals surface area contributed by atoms with Gasteiger partial charge in [-0.15, -0.1) is 0 Å². The highest BCUT2D eigenvalue weighted by Gasteiger charge is 2.25. The van der Waals surface area contributed by atoms with E-state index in [1.807, 2.05) is 6.07 Å². The first-order valence-corrected chi connectivity index (χ1v) is 7.02. The highest BCUT2D eigenvalue weighted by Crippen LogP contribution is 2.26. The van der Waals surface area contributed by atoms with Crippen molar-refractivity contribution in [2.45, 2.75) is 6.42 Å². The molecule has 5 nitrogen and oxygen atoms in total. The maximum absolute atomic E-state index is 12.3. The first-order chi connectivity index (χ1) is 11.2. The lowest BCUT2D eigenvalue weighted by Gasteiger charge is -2.00. The van der Waals surface area contributed by atoms with Gasteiger partial charge in [0.15, 0.2) is 11.5 Å². The minimum atomic E-state index is -1.17. The van der Waals surface area contributed by atoms with Crippen LogP contribution in [-0.2, 0) is 6.42 Å². The standard InChI is InChI=1S/C18H13NO4/c20-14(12-7-3-1-4-8-12)11-15-16(18(21)22)17(19-23-15)13-9-5-2-6-10-13/h1-10H,11H2,(H,21,22). The Kier molecular flexibility index (Phi) is 4.01. The smallest absolute Gasteiger partial charge is 0.341 e. The first kappa shape index (κ1) is 14.7. The molecule has 3 rings (SSSR count). The average molecular weight is 307 g/mol. The fourth-order valence-corrected chi connectivity index (χ4v) is 2.33. The van der Waals surface area contributed by atoms with Crippen molar-refractivity contribution in [3.8, 4) is 11.3 Å². The molecule has 0 aliphatic carbocycles. The molecule has 0 atom stereocenters. The summed E-state index contributed by atoms with van der Waals surface area (Å²) in [6, 6.07) is 17.5. The number of carbonyl (C=O) groups excluding carboxylic acids is 1. The second-order valence-corrected chi connectivity index (χ2v) is 4.97. The second-order valence-electron chi connectivity index (χ2n) is 4.97. The molecule has 0 radical (unpaired) electrons. The van der Waals surface area contributed by atoms with Crippen molar-refractivity contribution in [3.05, 3.63) is 77.6 Å². The maximum atomic E-state index is 12.3. The number of nitrogens with zero attached hydrogens (tertiary/aromatic N) is 1. The summed E-state index contributed by atoms with van der Waals surface area (Å²) in [6.07, 6.45) is -0.147. The van der Waals surface area contributed by atoms with Crippen LogP contribution in [-0.4, -0.2) is 22.0 Å². The predicted octanol–water partition coefficient (Wildman–Crippen LogP) is 3.47. The van der Waals surface area contributed by atoms with Gasteiger partial charge in [0.25, 0.3) is 0 Å². The van der Waals surface area contributed by atoms with Crippen molar-refractivity contribution in [2.24, 2.45) is 0 Å². The van der Waals surface area contributed by atoms with Gasteiger partial charge in [0.1, 0.15) is 11.3 Å². The van der Waals surface area contributed by atoms with Crippen LogP contribution in [0.15, 0.2) is 65.2 Å². The van der Waals surface area contributed by atoms with Gasteiger partial charge in [-0.05, 0) is 0 Å². The molecule has 0 saturated carbocycles. The van der Waals surface area contributed by atoms with Crippen LogP contribution in [0.4, 0.5) is 0 Å². The fourth-order valence-electron chi connectivity index (χ4n) is 2.33. The topological polar surface area (TPSA) is 80.4 Å². The summed E-state index contributed by atoms with van der Waals surface area (Å²) < 4.78 is 5.15. The van der Waals surface area contributed by atoms with E-state index in [2.05, 4.69) is 5.16 Å². The van der Waals surface area contributed by atoms with Crippen LogP contribution in [0, 0.1) is 0 Å². The Morgan fingerprint density at radius 3 is 2.17 bits per heavy atom. The predicted molar refractivity (Wildman–Crippen MR) is 83.4 cm³/mol. The van der Waals surface area contributed by atoms with Gasteiger partial charge in [0, 0.05) is 11.1 Å². The number of ketones is 1. The summed E-state index contributed by atoms with van der Waals surface area (Å²) in [7, 11) is 0. The van der Waals surface area contributed by atoms with Gasteiger partial charge in [-0.1, -0.05) is 65.8 Å². The Morgan fingerprint density at radius 1 is 0.957 bits per heavy atom. The molecule has 0 bridgehead atoms. The van der Waals surface area contributed by atoms with E-state index in [1.165, 1.54) is 0 Å². The summed E-state index contributed by atoms with van der Waals surface area (Å²) in [5.41, 5.74) is 1.29. The Hall–Kier alpha value is -3.21. The SMILES string of the molecule is O=C(Cc1onc(-c2ccccc2)c1C(=O)O)c1ccccc1.